The smallest absolute Gasteiger partial charge is 0.417 e. The number of carbonyl (C=O) groups excluding carboxylic acids is 2. The molecule has 2 amide bonds. The molecule has 1 saturated carbocycles. The van der Waals surface area contributed by atoms with Gasteiger partial charge in [0.25, 0.3) is 0 Å². The number of hydrogen-bond donors (Lipinski definition) is 0. The van der Waals surface area contributed by atoms with Crippen LogP contribution in [0, 0.1) is 5.41 Å². The summed E-state index contributed by atoms with van der Waals surface area (Å²) in [5, 5.41) is 0. The maximum absolute atomic E-state index is 13.7. The molecule has 2 aromatic carbocycles. The van der Waals surface area contributed by atoms with E-state index < -0.39 is 11.7 Å². The maximum atomic E-state index is 13.7. The molecule has 1 spiro atoms. The second-order valence-electron chi connectivity index (χ2n) is 11.1. The zero-order valence-electron chi connectivity index (χ0n) is 21.0. The van der Waals surface area contributed by atoms with Gasteiger partial charge >= 0.3 is 6.09 Å². The largest absolute Gasteiger partial charge is 0.443 e. The number of likely N-dealkylation sites (tertiary alicyclic amines) is 1. The summed E-state index contributed by atoms with van der Waals surface area (Å²) in [5.41, 5.74) is 1.77. The lowest BCUT2D eigenvalue weighted by molar-refractivity contribution is -0.132. The fourth-order valence-corrected chi connectivity index (χ4v) is 5.78. The molecule has 2 aliphatic rings. The molecule has 1 unspecified atom stereocenters. The summed E-state index contributed by atoms with van der Waals surface area (Å²) < 4.78 is 5.62. The molecule has 2 aromatic rings. The molecule has 5 heteroatoms. The van der Waals surface area contributed by atoms with Crippen LogP contribution in [0.15, 0.2) is 60.7 Å². The third kappa shape index (κ3) is 5.35. The van der Waals surface area contributed by atoms with Gasteiger partial charge in [-0.25, -0.2) is 9.69 Å². The lowest BCUT2D eigenvalue weighted by Crippen LogP contribution is -2.50. The Morgan fingerprint density at radius 2 is 1.62 bits per heavy atom. The Hall–Kier alpha value is -2.66. The number of likely N-dealkylation sites (N-methyl/N-ethyl adjacent to an activating group) is 1. The number of carbonyl (C=O) groups is 2. The highest BCUT2D eigenvalue weighted by Gasteiger charge is 2.57. The molecule has 2 fully saturated rings. The molecule has 1 aliphatic carbocycles. The molecule has 182 valence electrons. The van der Waals surface area contributed by atoms with Gasteiger partial charge in [0.1, 0.15) is 5.60 Å². The minimum Gasteiger partial charge on any atom is -0.443 e. The van der Waals surface area contributed by atoms with Crippen LogP contribution in [0.25, 0.3) is 0 Å². The summed E-state index contributed by atoms with van der Waals surface area (Å²) in [6.07, 6.45) is 4.28. The van der Waals surface area contributed by atoms with Crippen LogP contribution in [-0.4, -0.2) is 53.6 Å². The highest BCUT2D eigenvalue weighted by molar-refractivity contribution is 5.98. The van der Waals surface area contributed by atoms with Crippen LogP contribution in [0.4, 0.5) is 4.79 Å². The number of hydrogen-bond acceptors (Lipinski definition) is 4. The first-order valence-corrected chi connectivity index (χ1v) is 12.5. The van der Waals surface area contributed by atoms with E-state index in [0.717, 1.165) is 38.6 Å². The minimum absolute atomic E-state index is 0.108. The van der Waals surface area contributed by atoms with E-state index in [1.54, 1.807) is 0 Å². The monoisotopic (exact) mass is 462 g/mol. The van der Waals surface area contributed by atoms with Crippen LogP contribution in [0.5, 0.6) is 0 Å². The van der Waals surface area contributed by atoms with E-state index in [-0.39, 0.29) is 17.4 Å². The first-order valence-electron chi connectivity index (χ1n) is 12.5. The van der Waals surface area contributed by atoms with E-state index >= 15 is 0 Å². The van der Waals surface area contributed by atoms with Crippen molar-refractivity contribution in [3.63, 3.8) is 0 Å². The second kappa shape index (κ2) is 9.91. The summed E-state index contributed by atoms with van der Waals surface area (Å²) in [6, 6.07) is 20.7. The van der Waals surface area contributed by atoms with Gasteiger partial charge in [-0.3, -0.25) is 9.69 Å². The van der Waals surface area contributed by atoms with Crippen molar-refractivity contribution in [2.24, 2.45) is 5.41 Å². The molecule has 0 bridgehead atoms. The third-order valence-corrected chi connectivity index (χ3v) is 7.46. The average Bonchev–Trinajstić information content (AvgIpc) is 3.10. The molecule has 1 saturated heterocycles. The Morgan fingerprint density at radius 3 is 2.21 bits per heavy atom. The predicted molar refractivity (Wildman–Crippen MR) is 135 cm³/mol. The normalized spacial score (nSPS) is 25.2. The van der Waals surface area contributed by atoms with Crippen LogP contribution >= 0.6 is 0 Å². The van der Waals surface area contributed by atoms with Gasteiger partial charge in [0.05, 0.1) is 6.04 Å². The zero-order valence-corrected chi connectivity index (χ0v) is 21.0. The Morgan fingerprint density at radius 1 is 1.03 bits per heavy atom. The van der Waals surface area contributed by atoms with E-state index in [0.29, 0.717) is 12.5 Å². The molecule has 0 radical (unpaired) electrons. The summed E-state index contributed by atoms with van der Waals surface area (Å²) in [4.78, 5) is 30.3. The van der Waals surface area contributed by atoms with Crippen LogP contribution in [0.2, 0.25) is 0 Å². The number of amides is 2. The average molecular weight is 463 g/mol. The molecule has 4 rings (SSSR count). The summed E-state index contributed by atoms with van der Waals surface area (Å²) in [6.45, 7) is 6.75. The van der Waals surface area contributed by atoms with E-state index in [1.165, 1.54) is 16.0 Å². The lowest BCUT2D eigenvalue weighted by atomic mass is 9.66. The quantitative estimate of drug-likeness (QED) is 0.576. The molecule has 1 heterocycles. The molecule has 1 aliphatic heterocycles. The standard InChI is InChI=1S/C29H38N2O3/c1-28(2,3)34-27(33)31-21-29(18-15-24(16-19-29)23-13-9-6-10-14-23)25(26(31)32)30(4)20-17-22-11-7-5-8-12-22/h5-14,24-25H,15-21H2,1-4H3. The van der Waals surface area contributed by atoms with Crippen molar-refractivity contribution in [1.29, 1.82) is 0 Å². The van der Waals surface area contributed by atoms with Crippen molar-refractivity contribution in [3.8, 4) is 0 Å². The van der Waals surface area contributed by atoms with Crippen molar-refractivity contribution in [2.75, 3.05) is 20.1 Å². The molecule has 0 aromatic heterocycles. The topological polar surface area (TPSA) is 49.9 Å². The molecule has 5 nitrogen and oxygen atoms in total. The minimum atomic E-state index is -0.632. The van der Waals surface area contributed by atoms with Crippen LogP contribution in [0.3, 0.4) is 0 Å². The Bertz CT molecular complexity index is 975. The first kappa shape index (κ1) is 24.5. The number of rotatable bonds is 5. The van der Waals surface area contributed by atoms with Gasteiger partial charge < -0.3 is 4.74 Å². The van der Waals surface area contributed by atoms with Crippen molar-refractivity contribution in [2.45, 2.75) is 70.4 Å². The van der Waals surface area contributed by atoms with E-state index in [9.17, 15) is 9.59 Å². The second-order valence-corrected chi connectivity index (χ2v) is 11.1. The highest BCUT2D eigenvalue weighted by Crippen LogP contribution is 2.50. The van der Waals surface area contributed by atoms with E-state index in [4.69, 9.17) is 4.74 Å². The third-order valence-electron chi connectivity index (χ3n) is 7.46. The van der Waals surface area contributed by atoms with E-state index in [2.05, 4.69) is 47.4 Å². The van der Waals surface area contributed by atoms with Crippen molar-refractivity contribution >= 4 is 12.0 Å². The fourth-order valence-electron chi connectivity index (χ4n) is 5.78. The van der Waals surface area contributed by atoms with Crippen molar-refractivity contribution < 1.29 is 14.3 Å². The molecule has 0 N–H and O–H groups in total. The van der Waals surface area contributed by atoms with Crippen molar-refractivity contribution in [3.05, 3.63) is 71.8 Å². The van der Waals surface area contributed by atoms with Gasteiger partial charge in [-0.05, 0) is 77.0 Å². The predicted octanol–water partition coefficient (Wildman–Crippen LogP) is 5.65. The summed E-state index contributed by atoms with van der Waals surface area (Å²) in [5.74, 6) is 0.399. The van der Waals surface area contributed by atoms with Gasteiger partial charge in [-0.1, -0.05) is 60.7 Å². The first-order chi connectivity index (χ1) is 16.2. The maximum Gasteiger partial charge on any atom is 0.417 e. The number of imide groups is 1. The number of ether oxygens (including phenoxy) is 1. The van der Waals surface area contributed by atoms with Crippen LogP contribution < -0.4 is 0 Å². The molecule has 1 atom stereocenters. The van der Waals surface area contributed by atoms with E-state index in [1.807, 2.05) is 46.0 Å². The number of nitrogens with zero attached hydrogens (tertiary/aromatic N) is 2. The SMILES string of the molecule is CN(CCc1ccccc1)C1C(=O)N(C(=O)OC(C)(C)C)CC12CCC(c1ccccc1)CC2. The molecular weight excluding hydrogens is 424 g/mol. The van der Waals surface area contributed by atoms with Gasteiger partial charge in [0, 0.05) is 18.5 Å². The zero-order chi connectivity index (χ0) is 24.3. The number of benzene rings is 2. The Labute approximate surface area is 204 Å². The Balaban J connectivity index is 1.54. The fraction of sp³-hybridized carbons (Fsp3) is 0.517. The van der Waals surface area contributed by atoms with Crippen LogP contribution in [0.1, 0.15) is 63.5 Å². The van der Waals surface area contributed by atoms with Gasteiger partial charge in [-0.2, -0.15) is 0 Å². The van der Waals surface area contributed by atoms with Gasteiger partial charge in [0.2, 0.25) is 5.91 Å². The van der Waals surface area contributed by atoms with Crippen LogP contribution in [-0.2, 0) is 16.0 Å². The highest BCUT2D eigenvalue weighted by atomic mass is 16.6. The summed E-state index contributed by atoms with van der Waals surface area (Å²) >= 11 is 0. The Kier molecular flexibility index (Phi) is 7.13. The lowest BCUT2D eigenvalue weighted by Gasteiger charge is -2.43. The molecule has 34 heavy (non-hydrogen) atoms. The van der Waals surface area contributed by atoms with Gasteiger partial charge in [-0.15, -0.1) is 0 Å². The van der Waals surface area contributed by atoms with Gasteiger partial charge in [0.15, 0.2) is 0 Å². The molecular formula is C29H38N2O3. The van der Waals surface area contributed by atoms with Crippen molar-refractivity contribution in [1.82, 2.24) is 9.80 Å². The summed E-state index contributed by atoms with van der Waals surface area (Å²) in [7, 11) is 2.04.